The van der Waals surface area contributed by atoms with E-state index in [4.69, 9.17) is 15.3 Å². The molecule has 0 saturated heterocycles. The lowest BCUT2D eigenvalue weighted by Crippen LogP contribution is -1.85. The van der Waals surface area contributed by atoms with Crippen molar-refractivity contribution in [2.45, 2.75) is 6.42 Å². The minimum atomic E-state index is 0.150. The first kappa shape index (κ1) is 8.68. The fourth-order valence-corrected chi connectivity index (χ4v) is 0.437. The average molecular weight is 136 g/mol. The van der Waals surface area contributed by atoms with Crippen LogP contribution in [0.15, 0.2) is 11.6 Å². The van der Waals surface area contributed by atoms with Crippen LogP contribution in [-0.4, -0.2) is 13.7 Å². The Morgan fingerprint density at radius 2 is 2.10 bits per heavy atom. The molecule has 0 rings (SSSR count). The van der Waals surface area contributed by atoms with Crippen LogP contribution in [0, 0.1) is 22.7 Å². The molecule has 52 valence electrons. The molecule has 0 heterocycles. The van der Waals surface area contributed by atoms with E-state index in [0.29, 0.717) is 13.0 Å². The molecule has 0 radical (unpaired) electrons. The van der Waals surface area contributed by atoms with Gasteiger partial charge in [0.25, 0.3) is 0 Å². The average Bonchev–Trinajstić information content (AvgIpc) is 1.99. The normalized spacial score (nSPS) is 7.50. The highest BCUT2D eigenvalue weighted by atomic mass is 16.5. The van der Waals surface area contributed by atoms with Crippen molar-refractivity contribution in [3.63, 3.8) is 0 Å². The van der Waals surface area contributed by atoms with E-state index in [-0.39, 0.29) is 5.57 Å². The van der Waals surface area contributed by atoms with Crippen molar-refractivity contribution in [2.75, 3.05) is 13.7 Å². The number of hydrogen-bond acceptors (Lipinski definition) is 3. The van der Waals surface area contributed by atoms with E-state index in [1.54, 1.807) is 25.3 Å². The van der Waals surface area contributed by atoms with Gasteiger partial charge in [-0.1, -0.05) is 6.08 Å². The van der Waals surface area contributed by atoms with E-state index in [1.165, 1.54) is 0 Å². The molecule has 0 aliphatic rings. The van der Waals surface area contributed by atoms with Gasteiger partial charge < -0.3 is 4.74 Å². The molecule has 0 aromatic rings. The molecule has 0 saturated carbocycles. The predicted molar refractivity (Wildman–Crippen MR) is 35.8 cm³/mol. The smallest absolute Gasteiger partial charge is 0.125 e. The van der Waals surface area contributed by atoms with Crippen LogP contribution in [0.2, 0.25) is 0 Å². The van der Waals surface area contributed by atoms with Crippen LogP contribution in [0.3, 0.4) is 0 Å². The second-order valence-electron chi connectivity index (χ2n) is 1.62. The summed E-state index contributed by atoms with van der Waals surface area (Å²) in [6.07, 6.45) is 2.18. The first-order chi connectivity index (χ1) is 4.85. The molecule has 0 aliphatic carbocycles. The number of hydrogen-bond donors (Lipinski definition) is 0. The van der Waals surface area contributed by atoms with Gasteiger partial charge in [-0.05, 0) is 6.42 Å². The lowest BCUT2D eigenvalue weighted by molar-refractivity contribution is 0.204. The molecular weight excluding hydrogens is 128 g/mol. The van der Waals surface area contributed by atoms with Gasteiger partial charge in [0.05, 0.1) is 0 Å². The van der Waals surface area contributed by atoms with Gasteiger partial charge in [-0.3, -0.25) is 0 Å². The van der Waals surface area contributed by atoms with Crippen molar-refractivity contribution >= 4 is 0 Å². The first-order valence-corrected chi connectivity index (χ1v) is 2.84. The summed E-state index contributed by atoms with van der Waals surface area (Å²) in [6, 6.07) is 3.51. The van der Waals surface area contributed by atoms with Crippen LogP contribution in [0.1, 0.15) is 6.42 Å². The van der Waals surface area contributed by atoms with Crippen molar-refractivity contribution in [3.8, 4) is 12.1 Å². The maximum absolute atomic E-state index is 8.24. The molecule has 0 aromatic carbocycles. The Labute approximate surface area is 60.1 Å². The summed E-state index contributed by atoms with van der Waals surface area (Å²) in [5.74, 6) is 0. The van der Waals surface area contributed by atoms with Crippen LogP contribution in [-0.2, 0) is 4.74 Å². The van der Waals surface area contributed by atoms with E-state index in [0.717, 1.165) is 0 Å². The summed E-state index contributed by atoms with van der Waals surface area (Å²) in [5, 5.41) is 16.5. The molecule has 0 unspecified atom stereocenters. The number of ether oxygens (including phenoxy) is 1. The number of methoxy groups -OCH3 is 1. The Bertz CT molecular complexity index is 179. The molecule has 0 fully saturated rings. The molecule has 3 nitrogen and oxygen atoms in total. The van der Waals surface area contributed by atoms with Crippen molar-refractivity contribution in [1.29, 1.82) is 10.5 Å². The maximum Gasteiger partial charge on any atom is 0.125 e. The Morgan fingerprint density at radius 3 is 2.50 bits per heavy atom. The van der Waals surface area contributed by atoms with Gasteiger partial charge in [0.15, 0.2) is 0 Å². The second kappa shape index (κ2) is 5.81. The van der Waals surface area contributed by atoms with E-state index in [1.807, 2.05) is 0 Å². The van der Waals surface area contributed by atoms with Crippen molar-refractivity contribution in [3.05, 3.63) is 11.6 Å². The van der Waals surface area contributed by atoms with Crippen molar-refractivity contribution in [1.82, 2.24) is 0 Å². The molecule has 0 N–H and O–H groups in total. The summed E-state index contributed by atoms with van der Waals surface area (Å²) < 4.78 is 4.72. The molecule has 3 heteroatoms. The lowest BCUT2D eigenvalue weighted by atomic mass is 10.2. The molecule has 10 heavy (non-hydrogen) atoms. The van der Waals surface area contributed by atoms with Gasteiger partial charge >= 0.3 is 0 Å². The lowest BCUT2D eigenvalue weighted by Gasteiger charge is -1.88. The molecule has 0 atom stereocenters. The summed E-state index contributed by atoms with van der Waals surface area (Å²) >= 11 is 0. The summed E-state index contributed by atoms with van der Waals surface area (Å²) in [4.78, 5) is 0. The first-order valence-electron chi connectivity index (χ1n) is 2.84. The van der Waals surface area contributed by atoms with E-state index >= 15 is 0 Å². The van der Waals surface area contributed by atoms with E-state index in [2.05, 4.69) is 0 Å². The highest BCUT2D eigenvalue weighted by molar-refractivity contribution is 5.34. The van der Waals surface area contributed by atoms with Crippen LogP contribution in [0.5, 0.6) is 0 Å². The summed E-state index contributed by atoms with van der Waals surface area (Å²) in [6.45, 7) is 0.548. The van der Waals surface area contributed by atoms with E-state index in [9.17, 15) is 0 Å². The minimum absolute atomic E-state index is 0.150. The summed E-state index contributed by atoms with van der Waals surface area (Å²) in [5.41, 5.74) is 0.150. The molecule has 0 aromatic heterocycles. The standard InChI is InChI=1S/C7H8N2O/c1-10-4-2-3-7(5-8)6-9/h3H,2,4H2,1H3. The fraction of sp³-hybridized carbons (Fsp3) is 0.429. The van der Waals surface area contributed by atoms with Gasteiger partial charge in [0, 0.05) is 13.7 Å². The molecule has 0 aliphatic heterocycles. The second-order valence-corrected chi connectivity index (χ2v) is 1.62. The molecule has 0 spiro atoms. The Kier molecular flexibility index (Phi) is 5.04. The topological polar surface area (TPSA) is 56.8 Å². The largest absolute Gasteiger partial charge is 0.384 e. The van der Waals surface area contributed by atoms with Crippen LogP contribution < -0.4 is 0 Å². The quantitative estimate of drug-likeness (QED) is 0.429. The predicted octanol–water partition coefficient (Wildman–Crippen LogP) is 0.996. The van der Waals surface area contributed by atoms with Crippen LogP contribution in [0.25, 0.3) is 0 Å². The zero-order chi connectivity index (χ0) is 7.82. The monoisotopic (exact) mass is 136 g/mol. The minimum Gasteiger partial charge on any atom is -0.384 e. The number of nitrogens with zero attached hydrogens (tertiary/aromatic N) is 2. The van der Waals surface area contributed by atoms with Crippen molar-refractivity contribution < 1.29 is 4.74 Å². The number of nitriles is 2. The van der Waals surface area contributed by atoms with Gasteiger partial charge in [0.1, 0.15) is 17.7 Å². The van der Waals surface area contributed by atoms with E-state index < -0.39 is 0 Å². The third-order valence-electron chi connectivity index (χ3n) is 0.911. The van der Waals surface area contributed by atoms with Crippen LogP contribution >= 0.6 is 0 Å². The molecular formula is C7H8N2O. The fourth-order valence-electron chi connectivity index (χ4n) is 0.437. The highest BCUT2D eigenvalue weighted by Gasteiger charge is 1.88. The SMILES string of the molecule is COCCC=C(C#N)C#N. The summed E-state index contributed by atoms with van der Waals surface area (Å²) in [7, 11) is 1.58. The third-order valence-corrected chi connectivity index (χ3v) is 0.911. The van der Waals surface area contributed by atoms with Crippen LogP contribution in [0.4, 0.5) is 0 Å². The highest BCUT2D eigenvalue weighted by Crippen LogP contribution is 1.92. The maximum atomic E-state index is 8.24. The Balaban J connectivity index is 3.71. The van der Waals surface area contributed by atoms with Gasteiger partial charge in [-0.2, -0.15) is 10.5 Å². The zero-order valence-electron chi connectivity index (χ0n) is 5.79. The molecule has 0 amide bonds. The van der Waals surface area contributed by atoms with Gasteiger partial charge in [-0.25, -0.2) is 0 Å². The van der Waals surface area contributed by atoms with Crippen molar-refractivity contribution in [2.24, 2.45) is 0 Å². The number of allylic oxidation sites excluding steroid dienone is 1. The molecule has 0 bridgehead atoms. The Hall–Kier alpha value is -1.32. The zero-order valence-corrected chi connectivity index (χ0v) is 5.79. The third kappa shape index (κ3) is 3.65. The van der Waals surface area contributed by atoms with Gasteiger partial charge in [0.2, 0.25) is 0 Å². The Morgan fingerprint density at radius 1 is 1.50 bits per heavy atom. The number of rotatable bonds is 3. The van der Waals surface area contributed by atoms with Gasteiger partial charge in [-0.15, -0.1) is 0 Å².